The van der Waals surface area contributed by atoms with Gasteiger partial charge >= 0.3 is 0 Å². The van der Waals surface area contributed by atoms with Crippen molar-refractivity contribution in [3.05, 3.63) is 0 Å². The third-order valence-corrected chi connectivity index (χ3v) is 0.547. The summed E-state index contributed by atoms with van der Waals surface area (Å²) in [6.07, 6.45) is 0.580. The van der Waals surface area contributed by atoms with Crippen LogP contribution >= 0.6 is 0 Å². The molecule has 0 radical (unpaired) electrons. The van der Waals surface area contributed by atoms with E-state index in [1.807, 2.05) is 0 Å². The van der Waals surface area contributed by atoms with E-state index < -0.39 is 0 Å². The molecular weight excluding hydrogens is 106 g/mol. The van der Waals surface area contributed by atoms with Gasteiger partial charge in [-0.05, 0) is 6.92 Å². The summed E-state index contributed by atoms with van der Waals surface area (Å²) >= 11 is 0. The van der Waals surface area contributed by atoms with E-state index in [4.69, 9.17) is 0 Å². The van der Waals surface area contributed by atoms with Gasteiger partial charge in [0.15, 0.2) is 0 Å². The van der Waals surface area contributed by atoms with Gasteiger partial charge in [-0.3, -0.25) is 4.79 Å². The maximum Gasteiger partial charge on any atom is 0.212 e. The van der Waals surface area contributed by atoms with Gasteiger partial charge in [-0.25, -0.2) is 0 Å². The Balaban J connectivity index is 3.44. The fraction of sp³-hybridized carbons (Fsp3) is 0.500. The predicted octanol–water partition coefficient (Wildman–Crippen LogP) is -0.715. The van der Waals surface area contributed by atoms with E-state index in [0.717, 1.165) is 0 Å². The van der Waals surface area contributed by atoms with Crippen molar-refractivity contribution in [1.82, 2.24) is 10.7 Å². The number of hydrogen-bond donors (Lipinski definition) is 2. The number of hydrogen-bond acceptors (Lipinski definition) is 3. The highest BCUT2D eigenvalue weighted by molar-refractivity contribution is 5.88. The van der Waals surface area contributed by atoms with Crippen molar-refractivity contribution in [2.75, 3.05) is 7.05 Å². The zero-order chi connectivity index (χ0) is 6.41. The third kappa shape index (κ3) is 3.14. The Labute approximate surface area is 48.0 Å². The number of amidine groups is 1. The van der Waals surface area contributed by atoms with Crippen molar-refractivity contribution < 1.29 is 4.79 Å². The number of nitrogens with one attached hydrogen (secondary N) is 2. The van der Waals surface area contributed by atoms with Crippen LogP contribution in [0, 0.1) is 0 Å². The Kier molecular flexibility index (Phi) is 3.56. The Morgan fingerprint density at radius 3 is 2.75 bits per heavy atom. The summed E-state index contributed by atoms with van der Waals surface area (Å²) in [7, 11) is 1.66. The van der Waals surface area contributed by atoms with E-state index in [1.165, 1.54) is 0 Å². The molecule has 0 fully saturated rings. The summed E-state index contributed by atoms with van der Waals surface area (Å²) in [5, 5.41) is 5.99. The first kappa shape index (κ1) is 6.94. The van der Waals surface area contributed by atoms with Crippen molar-refractivity contribution in [1.29, 1.82) is 0 Å². The van der Waals surface area contributed by atoms with Crippen LogP contribution in [-0.2, 0) is 4.79 Å². The summed E-state index contributed by atoms with van der Waals surface area (Å²) in [6, 6.07) is 0. The van der Waals surface area contributed by atoms with Gasteiger partial charge in [0.05, 0.1) is 0 Å². The van der Waals surface area contributed by atoms with E-state index in [2.05, 4.69) is 15.8 Å². The van der Waals surface area contributed by atoms with Crippen LogP contribution in [0.25, 0.3) is 0 Å². The van der Waals surface area contributed by atoms with Gasteiger partial charge in [-0.2, -0.15) is 5.10 Å². The maximum absolute atomic E-state index is 9.67. The minimum Gasteiger partial charge on any atom is -0.316 e. The lowest BCUT2D eigenvalue weighted by molar-refractivity contribution is -0.108. The topological polar surface area (TPSA) is 53.5 Å². The fourth-order valence-electron chi connectivity index (χ4n) is 0.285. The minimum absolute atomic E-state index is 0.558. The second kappa shape index (κ2) is 4.11. The highest BCUT2D eigenvalue weighted by Crippen LogP contribution is 1.60. The lowest BCUT2D eigenvalue weighted by atomic mass is 10.7. The molecule has 0 aromatic heterocycles. The molecule has 4 nitrogen and oxygen atoms in total. The van der Waals surface area contributed by atoms with E-state index in [0.29, 0.717) is 12.2 Å². The normalized spacial score (nSPS) is 10.5. The quantitative estimate of drug-likeness (QED) is 0.216. The van der Waals surface area contributed by atoms with Crippen molar-refractivity contribution in [3.63, 3.8) is 0 Å². The van der Waals surface area contributed by atoms with E-state index in [9.17, 15) is 4.79 Å². The third-order valence-electron chi connectivity index (χ3n) is 0.547. The molecule has 0 rings (SSSR count). The molecule has 0 spiro atoms. The average Bonchev–Trinajstić information content (AvgIpc) is 1.68. The number of carbonyl (C=O) groups excluding carboxylic acids is 1. The summed E-state index contributed by atoms with van der Waals surface area (Å²) < 4.78 is 0. The molecule has 0 aliphatic rings. The van der Waals surface area contributed by atoms with Crippen molar-refractivity contribution in [2.45, 2.75) is 6.92 Å². The highest BCUT2D eigenvalue weighted by atomic mass is 16.1. The van der Waals surface area contributed by atoms with Gasteiger partial charge in [-0.1, -0.05) is 0 Å². The van der Waals surface area contributed by atoms with Crippen molar-refractivity contribution in [3.8, 4) is 0 Å². The molecule has 8 heavy (non-hydrogen) atoms. The molecule has 1 amide bonds. The van der Waals surface area contributed by atoms with Crippen LogP contribution in [-0.4, -0.2) is 19.3 Å². The summed E-state index contributed by atoms with van der Waals surface area (Å²) in [5.41, 5.74) is 2.52. The second-order valence-electron chi connectivity index (χ2n) is 1.18. The monoisotopic (exact) mass is 115 g/mol. The Morgan fingerprint density at radius 1 is 1.75 bits per heavy atom. The molecule has 2 N–H and O–H groups in total. The molecule has 0 atom stereocenters. The Bertz CT molecular complexity index is 99.5. The van der Waals surface area contributed by atoms with Crippen LogP contribution in [0.3, 0.4) is 0 Å². The van der Waals surface area contributed by atoms with Crippen molar-refractivity contribution >= 4 is 12.2 Å². The number of rotatable bonds is 2. The fourth-order valence-corrected chi connectivity index (χ4v) is 0.285. The lowest BCUT2D eigenvalue weighted by Gasteiger charge is -1.92. The summed E-state index contributed by atoms with van der Waals surface area (Å²) in [4.78, 5) is 9.67. The van der Waals surface area contributed by atoms with Gasteiger partial charge < -0.3 is 10.7 Å². The SMILES string of the molecule is CN/N=C(/C)NC=O. The van der Waals surface area contributed by atoms with Gasteiger partial charge in [-0.15, -0.1) is 0 Å². The first-order chi connectivity index (χ1) is 3.81. The van der Waals surface area contributed by atoms with Crippen LogP contribution in [0.5, 0.6) is 0 Å². The molecule has 0 saturated carbocycles. The maximum atomic E-state index is 9.67. The standard InChI is InChI=1S/C4H9N3O/c1-4(6-3-8)7-5-2/h3,5H,1-2H3,(H,6,7,8). The van der Waals surface area contributed by atoms with Gasteiger partial charge in [0, 0.05) is 7.05 Å². The van der Waals surface area contributed by atoms with Crippen LogP contribution in [0.15, 0.2) is 5.10 Å². The first-order valence-corrected chi connectivity index (χ1v) is 2.22. The molecule has 0 bridgehead atoms. The number of carbonyl (C=O) groups is 1. The summed E-state index contributed by atoms with van der Waals surface area (Å²) in [5.74, 6) is 0.558. The zero-order valence-electron chi connectivity index (χ0n) is 4.93. The number of hydrazone groups is 1. The predicted molar refractivity (Wildman–Crippen MR) is 31.4 cm³/mol. The first-order valence-electron chi connectivity index (χ1n) is 2.22. The molecule has 0 aromatic carbocycles. The van der Waals surface area contributed by atoms with Crippen molar-refractivity contribution in [2.24, 2.45) is 5.10 Å². The number of amides is 1. The van der Waals surface area contributed by atoms with Gasteiger partial charge in [0.25, 0.3) is 0 Å². The Hall–Kier alpha value is -1.06. The molecule has 0 aliphatic carbocycles. The molecule has 0 aliphatic heterocycles. The zero-order valence-corrected chi connectivity index (χ0v) is 4.93. The molecule has 0 aromatic rings. The average molecular weight is 115 g/mol. The van der Waals surface area contributed by atoms with Crippen LogP contribution in [0.1, 0.15) is 6.92 Å². The van der Waals surface area contributed by atoms with Crippen LogP contribution < -0.4 is 10.7 Å². The van der Waals surface area contributed by atoms with Crippen LogP contribution in [0.4, 0.5) is 0 Å². The van der Waals surface area contributed by atoms with E-state index in [-0.39, 0.29) is 0 Å². The van der Waals surface area contributed by atoms with Gasteiger partial charge in [0.1, 0.15) is 5.84 Å². The molecule has 0 unspecified atom stereocenters. The summed E-state index contributed by atoms with van der Waals surface area (Å²) in [6.45, 7) is 1.69. The largest absolute Gasteiger partial charge is 0.316 e. The molecule has 4 heteroatoms. The molecular formula is C4H9N3O. The minimum atomic E-state index is 0.558. The van der Waals surface area contributed by atoms with E-state index in [1.54, 1.807) is 14.0 Å². The molecule has 46 valence electrons. The Morgan fingerprint density at radius 2 is 2.38 bits per heavy atom. The van der Waals surface area contributed by atoms with E-state index >= 15 is 0 Å². The van der Waals surface area contributed by atoms with Gasteiger partial charge in [0.2, 0.25) is 6.41 Å². The highest BCUT2D eigenvalue weighted by Gasteiger charge is 1.80. The molecule has 0 heterocycles. The van der Waals surface area contributed by atoms with Crippen LogP contribution in [0.2, 0.25) is 0 Å². The lowest BCUT2D eigenvalue weighted by Crippen LogP contribution is -2.20. The smallest absolute Gasteiger partial charge is 0.212 e. The second-order valence-corrected chi connectivity index (χ2v) is 1.18. The molecule has 0 saturated heterocycles. The number of nitrogens with zero attached hydrogens (tertiary/aromatic N) is 1.